The lowest BCUT2D eigenvalue weighted by atomic mass is 10.2. The van der Waals surface area contributed by atoms with Crippen molar-refractivity contribution >= 4 is 27.3 Å². The van der Waals surface area contributed by atoms with E-state index in [1.54, 1.807) is 28.4 Å². The van der Waals surface area contributed by atoms with Gasteiger partial charge in [-0.25, -0.2) is 12.8 Å². The highest BCUT2D eigenvalue weighted by atomic mass is 32.2. The highest BCUT2D eigenvalue weighted by Crippen LogP contribution is 2.20. The van der Waals surface area contributed by atoms with Crippen molar-refractivity contribution in [3.05, 3.63) is 70.2 Å². The maximum atomic E-state index is 13.3. The van der Waals surface area contributed by atoms with Gasteiger partial charge in [0.2, 0.25) is 15.9 Å². The standard InChI is InChI=1S/C22H29FN2O3S2/c1-4-6-14-30(27,28)25(12-5-2)17-22(26)24(16-21-18(3)11-13-29-21)15-19-7-9-20(23)10-8-19/h5,7-11,13H,2,4,6,12,14-17H2,1,3H3. The van der Waals surface area contributed by atoms with Gasteiger partial charge in [0.1, 0.15) is 5.82 Å². The van der Waals surface area contributed by atoms with Gasteiger partial charge < -0.3 is 4.90 Å². The van der Waals surface area contributed by atoms with Crippen LogP contribution in [0.1, 0.15) is 35.8 Å². The van der Waals surface area contributed by atoms with Crippen LogP contribution in [0, 0.1) is 12.7 Å². The number of hydrogen-bond acceptors (Lipinski definition) is 4. The minimum absolute atomic E-state index is 0.00656. The summed E-state index contributed by atoms with van der Waals surface area (Å²) in [5.41, 5.74) is 1.86. The molecule has 0 atom stereocenters. The van der Waals surface area contributed by atoms with Crippen molar-refractivity contribution < 1.29 is 17.6 Å². The average molecular weight is 453 g/mol. The lowest BCUT2D eigenvalue weighted by molar-refractivity contribution is -0.132. The highest BCUT2D eigenvalue weighted by Gasteiger charge is 2.26. The number of unbranched alkanes of at least 4 members (excludes halogenated alkanes) is 1. The Morgan fingerprint density at radius 3 is 2.47 bits per heavy atom. The van der Waals surface area contributed by atoms with Crippen molar-refractivity contribution in [2.75, 3.05) is 18.8 Å². The zero-order chi connectivity index (χ0) is 22.1. The van der Waals surface area contributed by atoms with Gasteiger partial charge in [-0.3, -0.25) is 4.79 Å². The molecule has 0 radical (unpaired) electrons. The second-order valence-electron chi connectivity index (χ2n) is 7.15. The first-order valence-corrected chi connectivity index (χ1v) is 12.4. The minimum Gasteiger partial charge on any atom is -0.332 e. The third-order valence-corrected chi connectivity index (χ3v) is 7.61. The summed E-state index contributed by atoms with van der Waals surface area (Å²) in [6.07, 6.45) is 2.78. The SMILES string of the molecule is C=CCN(CC(=O)N(Cc1ccc(F)cc1)Cc1sccc1C)S(=O)(=O)CCCC. The Morgan fingerprint density at radius 1 is 1.20 bits per heavy atom. The normalized spacial score (nSPS) is 11.6. The molecule has 1 amide bonds. The molecule has 164 valence electrons. The molecule has 0 aliphatic carbocycles. The predicted octanol–water partition coefficient (Wildman–Crippen LogP) is 4.34. The summed E-state index contributed by atoms with van der Waals surface area (Å²) in [4.78, 5) is 15.8. The largest absolute Gasteiger partial charge is 0.332 e. The van der Waals surface area contributed by atoms with Gasteiger partial charge in [0, 0.05) is 18.0 Å². The number of rotatable bonds is 12. The van der Waals surface area contributed by atoms with Crippen molar-refractivity contribution in [1.29, 1.82) is 0 Å². The first-order valence-electron chi connectivity index (χ1n) is 9.90. The van der Waals surface area contributed by atoms with Gasteiger partial charge in [0.15, 0.2) is 0 Å². The molecule has 2 rings (SSSR count). The number of nitrogens with zero attached hydrogens (tertiary/aromatic N) is 2. The number of aryl methyl sites for hydroxylation is 1. The summed E-state index contributed by atoms with van der Waals surface area (Å²) in [5, 5.41) is 1.96. The van der Waals surface area contributed by atoms with E-state index in [4.69, 9.17) is 0 Å². The van der Waals surface area contributed by atoms with Crippen LogP contribution in [0.4, 0.5) is 4.39 Å². The summed E-state index contributed by atoms with van der Waals surface area (Å²) in [6, 6.07) is 7.97. The van der Waals surface area contributed by atoms with Gasteiger partial charge in [-0.1, -0.05) is 31.6 Å². The Kier molecular flexibility index (Phi) is 9.20. The lowest BCUT2D eigenvalue weighted by Crippen LogP contribution is -2.43. The molecule has 30 heavy (non-hydrogen) atoms. The molecule has 1 aromatic heterocycles. The van der Waals surface area contributed by atoms with E-state index in [0.29, 0.717) is 13.0 Å². The fourth-order valence-electron chi connectivity index (χ4n) is 2.91. The number of carbonyl (C=O) groups is 1. The number of carbonyl (C=O) groups excluding carboxylic acids is 1. The first kappa shape index (κ1) is 24.2. The Hall–Kier alpha value is -2.03. The van der Waals surface area contributed by atoms with Crippen LogP contribution >= 0.6 is 11.3 Å². The Balaban J connectivity index is 2.23. The zero-order valence-corrected chi connectivity index (χ0v) is 19.1. The topological polar surface area (TPSA) is 57.7 Å². The van der Waals surface area contributed by atoms with Crippen molar-refractivity contribution in [3.63, 3.8) is 0 Å². The quantitative estimate of drug-likeness (QED) is 0.450. The van der Waals surface area contributed by atoms with Gasteiger partial charge in [-0.2, -0.15) is 4.31 Å². The van der Waals surface area contributed by atoms with Gasteiger partial charge >= 0.3 is 0 Å². The molecule has 5 nitrogen and oxygen atoms in total. The van der Waals surface area contributed by atoms with Crippen molar-refractivity contribution in [2.45, 2.75) is 39.8 Å². The molecule has 0 fully saturated rings. The zero-order valence-electron chi connectivity index (χ0n) is 17.5. The molecule has 2 aromatic rings. The highest BCUT2D eigenvalue weighted by molar-refractivity contribution is 7.89. The van der Waals surface area contributed by atoms with Crippen LogP contribution in [0.2, 0.25) is 0 Å². The monoisotopic (exact) mass is 452 g/mol. The van der Waals surface area contributed by atoms with Crippen molar-refractivity contribution in [1.82, 2.24) is 9.21 Å². The van der Waals surface area contributed by atoms with Crippen LogP contribution < -0.4 is 0 Å². The second-order valence-corrected chi connectivity index (χ2v) is 10.2. The molecule has 0 spiro atoms. The van der Waals surface area contributed by atoms with E-state index in [9.17, 15) is 17.6 Å². The summed E-state index contributed by atoms with van der Waals surface area (Å²) < 4.78 is 39.8. The van der Waals surface area contributed by atoms with Crippen LogP contribution in [-0.2, 0) is 27.9 Å². The van der Waals surface area contributed by atoms with E-state index in [1.165, 1.54) is 22.5 Å². The fraction of sp³-hybridized carbons (Fsp3) is 0.409. The molecule has 1 heterocycles. The number of halogens is 1. The second kappa shape index (κ2) is 11.4. The minimum atomic E-state index is -3.56. The van der Waals surface area contributed by atoms with Gasteiger partial charge in [-0.05, 0) is 48.1 Å². The van der Waals surface area contributed by atoms with E-state index in [1.807, 2.05) is 25.3 Å². The molecular weight excluding hydrogens is 423 g/mol. The Morgan fingerprint density at radius 2 is 1.90 bits per heavy atom. The summed E-state index contributed by atoms with van der Waals surface area (Å²) in [7, 11) is -3.56. The molecule has 1 aromatic carbocycles. The van der Waals surface area contributed by atoms with Crippen molar-refractivity contribution in [2.24, 2.45) is 0 Å². The molecule has 0 saturated carbocycles. The molecular formula is C22H29FN2O3S2. The summed E-state index contributed by atoms with van der Waals surface area (Å²) in [5.74, 6) is -0.633. The van der Waals surface area contributed by atoms with Crippen LogP contribution in [0.3, 0.4) is 0 Å². The van der Waals surface area contributed by atoms with Crippen LogP contribution in [0.5, 0.6) is 0 Å². The summed E-state index contributed by atoms with van der Waals surface area (Å²) >= 11 is 1.55. The number of hydrogen-bond donors (Lipinski definition) is 0. The Labute approximate surface area is 182 Å². The molecule has 0 bridgehead atoms. The summed E-state index contributed by atoms with van der Waals surface area (Å²) in [6.45, 7) is 8.01. The van der Waals surface area contributed by atoms with Gasteiger partial charge in [0.05, 0.1) is 18.8 Å². The number of benzene rings is 1. The molecule has 0 saturated heterocycles. The predicted molar refractivity (Wildman–Crippen MR) is 120 cm³/mol. The van der Waals surface area contributed by atoms with E-state index in [0.717, 1.165) is 22.4 Å². The first-order chi connectivity index (χ1) is 14.3. The third-order valence-electron chi connectivity index (χ3n) is 4.74. The molecule has 0 aliphatic rings. The van der Waals surface area contributed by atoms with Crippen molar-refractivity contribution in [3.8, 4) is 0 Å². The third kappa shape index (κ3) is 7.04. The van der Waals surface area contributed by atoms with E-state index >= 15 is 0 Å². The molecule has 8 heteroatoms. The average Bonchev–Trinajstić information content (AvgIpc) is 3.11. The maximum absolute atomic E-state index is 13.3. The van der Waals surface area contributed by atoms with Gasteiger partial charge in [0.25, 0.3) is 0 Å². The van der Waals surface area contributed by atoms with Crippen LogP contribution in [0.25, 0.3) is 0 Å². The number of sulfonamides is 1. The molecule has 0 unspecified atom stereocenters. The Bertz CT molecular complexity index is 940. The van der Waals surface area contributed by atoms with E-state index in [-0.39, 0.29) is 37.1 Å². The molecule has 0 aliphatic heterocycles. The van der Waals surface area contributed by atoms with Gasteiger partial charge in [-0.15, -0.1) is 17.9 Å². The van der Waals surface area contributed by atoms with E-state index in [2.05, 4.69) is 6.58 Å². The maximum Gasteiger partial charge on any atom is 0.238 e. The number of thiophene rings is 1. The molecule has 0 N–H and O–H groups in total. The number of amides is 1. The van der Waals surface area contributed by atoms with Crippen LogP contribution in [-0.4, -0.2) is 42.4 Å². The smallest absolute Gasteiger partial charge is 0.238 e. The van der Waals surface area contributed by atoms with Crippen LogP contribution in [0.15, 0.2) is 48.4 Å². The van der Waals surface area contributed by atoms with E-state index < -0.39 is 10.0 Å². The fourth-order valence-corrected chi connectivity index (χ4v) is 5.38. The lowest BCUT2D eigenvalue weighted by Gasteiger charge is -2.27.